The van der Waals surface area contributed by atoms with E-state index in [-0.39, 0.29) is 0 Å². The zero-order valence-electron chi connectivity index (χ0n) is 15.4. The number of hydrogen-bond acceptors (Lipinski definition) is 0. The van der Waals surface area contributed by atoms with Crippen molar-refractivity contribution in [2.24, 2.45) is 0 Å². The largest absolute Gasteiger partial charge is 0.0654 e. The van der Waals surface area contributed by atoms with Gasteiger partial charge in [0.25, 0.3) is 0 Å². The molecular weight excluding hydrogens is 264 g/mol. The summed E-state index contributed by atoms with van der Waals surface area (Å²) in [4.78, 5) is 0. The van der Waals surface area contributed by atoms with Crippen molar-refractivity contribution in [1.82, 2.24) is 0 Å². The molecule has 0 aliphatic heterocycles. The van der Waals surface area contributed by atoms with Gasteiger partial charge in [0.15, 0.2) is 0 Å². The van der Waals surface area contributed by atoms with Gasteiger partial charge >= 0.3 is 0 Å². The molecule has 0 saturated carbocycles. The SMILES string of the molecule is CCCCCCCCCCCCCCc1cccc(C)c1C. The molecule has 22 heavy (non-hydrogen) atoms. The standard InChI is InChI=1S/C22H38/c1-4-5-6-7-8-9-10-11-12-13-14-15-18-22-19-16-17-20(2)21(22)3/h16-17,19H,4-15,18H2,1-3H3. The van der Waals surface area contributed by atoms with Crippen molar-refractivity contribution < 1.29 is 0 Å². The average Bonchev–Trinajstić information content (AvgIpc) is 2.52. The number of benzene rings is 1. The van der Waals surface area contributed by atoms with Gasteiger partial charge in [-0.2, -0.15) is 0 Å². The maximum Gasteiger partial charge on any atom is -0.0276 e. The predicted octanol–water partition coefficient (Wildman–Crippen LogP) is 7.55. The van der Waals surface area contributed by atoms with Crippen LogP contribution in [0.25, 0.3) is 0 Å². The van der Waals surface area contributed by atoms with Gasteiger partial charge in [0.1, 0.15) is 0 Å². The van der Waals surface area contributed by atoms with E-state index in [9.17, 15) is 0 Å². The third-order valence-electron chi connectivity index (χ3n) is 5.02. The fourth-order valence-corrected chi connectivity index (χ4v) is 3.24. The summed E-state index contributed by atoms with van der Waals surface area (Å²) in [6, 6.07) is 6.74. The second kappa shape index (κ2) is 12.7. The Labute approximate surface area is 139 Å². The van der Waals surface area contributed by atoms with E-state index in [4.69, 9.17) is 0 Å². The number of rotatable bonds is 13. The molecule has 1 aromatic carbocycles. The third-order valence-corrected chi connectivity index (χ3v) is 5.02. The second-order valence-corrected chi connectivity index (χ2v) is 7.00. The van der Waals surface area contributed by atoms with E-state index in [1.54, 1.807) is 5.56 Å². The van der Waals surface area contributed by atoms with Gasteiger partial charge in [-0.15, -0.1) is 0 Å². The summed E-state index contributed by atoms with van der Waals surface area (Å²) < 4.78 is 0. The Morgan fingerprint density at radius 3 is 1.68 bits per heavy atom. The van der Waals surface area contributed by atoms with Gasteiger partial charge < -0.3 is 0 Å². The molecule has 0 nitrogen and oxygen atoms in total. The topological polar surface area (TPSA) is 0 Å². The maximum absolute atomic E-state index is 2.31. The van der Waals surface area contributed by atoms with E-state index >= 15 is 0 Å². The van der Waals surface area contributed by atoms with Crippen LogP contribution in [0.3, 0.4) is 0 Å². The predicted molar refractivity (Wildman–Crippen MR) is 101 cm³/mol. The van der Waals surface area contributed by atoms with Gasteiger partial charge in [-0.1, -0.05) is 95.8 Å². The molecule has 0 aliphatic rings. The van der Waals surface area contributed by atoms with Gasteiger partial charge in [0, 0.05) is 0 Å². The second-order valence-electron chi connectivity index (χ2n) is 7.00. The minimum Gasteiger partial charge on any atom is -0.0654 e. The van der Waals surface area contributed by atoms with Crippen molar-refractivity contribution in [2.75, 3.05) is 0 Å². The van der Waals surface area contributed by atoms with E-state index in [1.165, 1.54) is 94.6 Å². The molecule has 0 bridgehead atoms. The maximum atomic E-state index is 2.31. The molecule has 0 spiro atoms. The quantitative estimate of drug-likeness (QED) is 0.330. The van der Waals surface area contributed by atoms with Crippen LogP contribution in [-0.4, -0.2) is 0 Å². The smallest absolute Gasteiger partial charge is 0.0276 e. The molecule has 0 aromatic heterocycles. The van der Waals surface area contributed by atoms with Crippen LogP contribution < -0.4 is 0 Å². The monoisotopic (exact) mass is 302 g/mol. The first kappa shape index (κ1) is 19.3. The first-order valence-corrected chi connectivity index (χ1v) is 9.80. The number of unbranched alkanes of at least 4 members (excludes halogenated alkanes) is 11. The lowest BCUT2D eigenvalue weighted by Crippen LogP contribution is -1.92. The number of hydrogen-bond donors (Lipinski definition) is 0. The summed E-state index contributed by atoms with van der Waals surface area (Å²) >= 11 is 0. The minimum atomic E-state index is 1.27. The first-order chi connectivity index (χ1) is 10.8. The summed E-state index contributed by atoms with van der Waals surface area (Å²) in [5.41, 5.74) is 4.51. The summed E-state index contributed by atoms with van der Waals surface area (Å²) in [6.07, 6.45) is 18.5. The van der Waals surface area contributed by atoms with Crippen LogP contribution in [0.5, 0.6) is 0 Å². The van der Waals surface area contributed by atoms with Crippen LogP contribution in [-0.2, 0) is 6.42 Å². The van der Waals surface area contributed by atoms with Crippen molar-refractivity contribution in [3.63, 3.8) is 0 Å². The van der Waals surface area contributed by atoms with E-state index in [0.717, 1.165) is 0 Å². The highest BCUT2D eigenvalue weighted by Crippen LogP contribution is 2.17. The summed E-state index contributed by atoms with van der Waals surface area (Å²) in [7, 11) is 0. The Hall–Kier alpha value is -0.780. The molecule has 0 heteroatoms. The molecule has 0 heterocycles. The van der Waals surface area contributed by atoms with Crippen molar-refractivity contribution in [3.8, 4) is 0 Å². The molecule has 0 aliphatic carbocycles. The zero-order chi connectivity index (χ0) is 16.0. The molecule has 0 saturated heterocycles. The Balaban J connectivity index is 1.90. The lowest BCUT2D eigenvalue weighted by Gasteiger charge is -2.08. The Bertz CT molecular complexity index is 378. The Morgan fingerprint density at radius 1 is 0.636 bits per heavy atom. The van der Waals surface area contributed by atoms with Gasteiger partial charge in [0.05, 0.1) is 0 Å². The first-order valence-electron chi connectivity index (χ1n) is 9.80. The fourth-order valence-electron chi connectivity index (χ4n) is 3.24. The van der Waals surface area contributed by atoms with Crippen LogP contribution in [0.15, 0.2) is 18.2 Å². The van der Waals surface area contributed by atoms with Crippen molar-refractivity contribution in [2.45, 2.75) is 104 Å². The van der Waals surface area contributed by atoms with Crippen LogP contribution in [0.2, 0.25) is 0 Å². The minimum absolute atomic E-state index is 1.27. The lowest BCUT2D eigenvalue weighted by molar-refractivity contribution is 0.544. The molecule has 0 fully saturated rings. The highest BCUT2D eigenvalue weighted by Gasteiger charge is 2.00. The van der Waals surface area contributed by atoms with Gasteiger partial charge in [0.2, 0.25) is 0 Å². The zero-order valence-corrected chi connectivity index (χ0v) is 15.4. The highest BCUT2D eigenvalue weighted by atomic mass is 14.1. The molecule has 0 unspecified atom stereocenters. The van der Waals surface area contributed by atoms with E-state index in [1.807, 2.05) is 0 Å². The van der Waals surface area contributed by atoms with Crippen molar-refractivity contribution >= 4 is 0 Å². The summed E-state index contributed by atoms with van der Waals surface area (Å²) in [5.74, 6) is 0. The fraction of sp³-hybridized carbons (Fsp3) is 0.727. The molecule has 0 radical (unpaired) electrons. The molecule has 126 valence electrons. The van der Waals surface area contributed by atoms with Gasteiger partial charge in [-0.25, -0.2) is 0 Å². The lowest BCUT2D eigenvalue weighted by atomic mass is 9.98. The molecule has 1 rings (SSSR count). The van der Waals surface area contributed by atoms with Gasteiger partial charge in [-0.3, -0.25) is 0 Å². The normalized spacial score (nSPS) is 11.0. The van der Waals surface area contributed by atoms with E-state index in [2.05, 4.69) is 39.0 Å². The van der Waals surface area contributed by atoms with Crippen molar-refractivity contribution in [1.29, 1.82) is 0 Å². The summed E-state index contributed by atoms with van der Waals surface area (Å²) in [5, 5.41) is 0. The van der Waals surface area contributed by atoms with Crippen LogP contribution in [0, 0.1) is 13.8 Å². The molecular formula is C22H38. The van der Waals surface area contributed by atoms with Crippen LogP contribution in [0.1, 0.15) is 101 Å². The molecule has 0 atom stereocenters. The average molecular weight is 303 g/mol. The van der Waals surface area contributed by atoms with E-state index < -0.39 is 0 Å². The Kier molecular flexibility index (Phi) is 11.2. The van der Waals surface area contributed by atoms with Gasteiger partial charge in [-0.05, 0) is 43.4 Å². The molecule has 0 N–H and O–H groups in total. The van der Waals surface area contributed by atoms with Crippen molar-refractivity contribution in [3.05, 3.63) is 34.9 Å². The summed E-state index contributed by atoms with van der Waals surface area (Å²) in [6.45, 7) is 6.78. The highest BCUT2D eigenvalue weighted by molar-refractivity contribution is 5.33. The Morgan fingerprint density at radius 2 is 1.14 bits per heavy atom. The number of aryl methyl sites for hydroxylation is 2. The third kappa shape index (κ3) is 8.61. The van der Waals surface area contributed by atoms with Crippen LogP contribution in [0.4, 0.5) is 0 Å². The molecule has 1 aromatic rings. The molecule has 0 amide bonds. The van der Waals surface area contributed by atoms with Crippen LogP contribution >= 0.6 is 0 Å². The van der Waals surface area contributed by atoms with E-state index in [0.29, 0.717) is 0 Å².